The first-order valence-electron chi connectivity index (χ1n) is 7.10. The van der Waals surface area contributed by atoms with E-state index in [1.54, 1.807) is 6.92 Å². The van der Waals surface area contributed by atoms with Crippen molar-refractivity contribution >= 4 is 11.9 Å². The highest BCUT2D eigenvalue weighted by molar-refractivity contribution is 5.86. The van der Waals surface area contributed by atoms with Crippen LogP contribution in [0, 0.1) is 6.92 Å². The first-order chi connectivity index (χ1) is 11.0. The molecule has 1 rings (SSSR count). The normalized spacial score (nSPS) is 8.96. The molecule has 0 saturated heterocycles. The van der Waals surface area contributed by atoms with Gasteiger partial charge in [0, 0.05) is 11.6 Å². The number of carbonyl (C=O) groups excluding carboxylic acids is 2. The molecular formula is C18H23O5. The molecule has 0 aliphatic carbocycles. The zero-order chi connectivity index (χ0) is 17.5. The van der Waals surface area contributed by atoms with E-state index in [2.05, 4.69) is 24.8 Å². The molecule has 1 aromatic rings. The number of hydrogen-bond donors (Lipinski definition) is 0. The number of esters is 2. The van der Waals surface area contributed by atoms with Crippen LogP contribution >= 0.6 is 0 Å². The fourth-order valence-electron chi connectivity index (χ4n) is 1.17. The van der Waals surface area contributed by atoms with Crippen molar-refractivity contribution in [1.82, 2.24) is 0 Å². The molecule has 0 bridgehead atoms. The number of rotatable bonds is 8. The number of ether oxygens (including phenoxy) is 3. The third-order valence-corrected chi connectivity index (χ3v) is 2.23. The van der Waals surface area contributed by atoms with Crippen molar-refractivity contribution in [3.63, 3.8) is 0 Å². The van der Waals surface area contributed by atoms with Crippen LogP contribution in [0.15, 0.2) is 55.1 Å². The van der Waals surface area contributed by atoms with Crippen molar-refractivity contribution in [2.75, 3.05) is 19.8 Å². The molecule has 0 saturated carbocycles. The largest absolute Gasteiger partial charge is 0.490 e. The van der Waals surface area contributed by atoms with Gasteiger partial charge in [0.15, 0.2) is 0 Å². The molecule has 0 aliphatic heterocycles. The van der Waals surface area contributed by atoms with Crippen molar-refractivity contribution in [2.24, 2.45) is 0 Å². The van der Waals surface area contributed by atoms with E-state index in [1.807, 2.05) is 30.3 Å². The molecule has 0 N–H and O–H groups in total. The van der Waals surface area contributed by atoms with E-state index in [0.717, 1.165) is 11.8 Å². The van der Waals surface area contributed by atoms with Crippen LogP contribution in [0.5, 0.6) is 5.75 Å². The molecule has 0 spiro atoms. The van der Waals surface area contributed by atoms with Crippen molar-refractivity contribution in [2.45, 2.75) is 13.3 Å². The molecule has 5 nitrogen and oxygen atoms in total. The first kappa shape index (κ1) is 20.4. The molecule has 0 aliphatic rings. The SMILES string of the molecule is C=CC(=O)OCCOc1ccccc1.[CH2]CCOC(=O)C(=C)C. The predicted octanol–water partition coefficient (Wildman–Crippen LogP) is 3.12. The topological polar surface area (TPSA) is 61.8 Å². The van der Waals surface area contributed by atoms with E-state index in [0.29, 0.717) is 25.2 Å². The van der Waals surface area contributed by atoms with Crippen LogP contribution < -0.4 is 4.74 Å². The standard InChI is InChI=1S/C11H12O3.C7H11O2/c1-2-11(12)14-9-8-13-10-6-4-3-5-7-10;1-4-5-9-7(8)6(2)3/h2-7H,1,8-9H2;1-2,4-5H2,3H3. The van der Waals surface area contributed by atoms with Gasteiger partial charge in [0.1, 0.15) is 19.0 Å². The number of benzene rings is 1. The predicted molar refractivity (Wildman–Crippen MR) is 88.8 cm³/mol. The van der Waals surface area contributed by atoms with Gasteiger partial charge in [-0.15, -0.1) is 0 Å². The van der Waals surface area contributed by atoms with Crippen LogP contribution in [-0.4, -0.2) is 31.8 Å². The highest BCUT2D eigenvalue weighted by Gasteiger charge is 1.99. The fraction of sp³-hybridized carbons (Fsp3) is 0.278. The fourth-order valence-corrected chi connectivity index (χ4v) is 1.17. The molecule has 1 radical (unpaired) electrons. The minimum Gasteiger partial charge on any atom is -0.490 e. The Bertz CT molecular complexity index is 493. The minimum atomic E-state index is -0.429. The van der Waals surface area contributed by atoms with Crippen LogP contribution in [-0.2, 0) is 19.1 Å². The Balaban J connectivity index is 0.000000468. The Kier molecular flexibility index (Phi) is 11.7. The molecule has 23 heavy (non-hydrogen) atoms. The molecule has 1 aromatic carbocycles. The van der Waals surface area contributed by atoms with E-state index in [-0.39, 0.29) is 12.6 Å². The summed E-state index contributed by atoms with van der Waals surface area (Å²) in [6.07, 6.45) is 1.74. The lowest BCUT2D eigenvalue weighted by atomic mass is 10.3. The molecule has 0 heterocycles. The van der Waals surface area contributed by atoms with Crippen LogP contribution in [0.3, 0.4) is 0 Å². The summed E-state index contributed by atoms with van der Waals surface area (Å²) in [4.78, 5) is 21.2. The monoisotopic (exact) mass is 319 g/mol. The van der Waals surface area contributed by atoms with Crippen LogP contribution in [0.25, 0.3) is 0 Å². The Labute approximate surface area is 137 Å². The van der Waals surface area contributed by atoms with Gasteiger partial charge in [-0.05, 0) is 32.4 Å². The maximum absolute atomic E-state index is 10.6. The van der Waals surface area contributed by atoms with Gasteiger partial charge in [-0.25, -0.2) is 9.59 Å². The van der Waals surface area contributed by atoms with E-state index in [9.17, 15) is 9.59 Å². The van der Waals surface area contributed by atoms with E-state index < -0.39 is 5.97 Å². The summed E-state index contributed by atoms with van der Waals surface area (Å²) in [6, 6.07) is 9.35. The second-order valence-corrected chi connectivity index (χ2v) is 4.30. The second kappa shape index (κ2) is 13.1. The third kappa shape index (κ3) is 11.7. The quantitative estimate of drug-likeness (QED) is 0.418. The summed E-state index contributed by atoms with van der Waals surface area (Å²) in [5.74, 6) is 0.00228. The summed E-state index contributed by atoms with van der Waals surface area (Å²) >= 11 is 0. The molecule has 0 amide bonds. The minimum absolute atomic E-state index is 0.236. The van der Waals surface area contributed by atoms with E-state index in [4.69, 9.17) is 9.47 Å². The van der Waals surface area contributed by atoms with Gasteiger partial charge >= 0.3 is 11.9 Å². The van der Waals surface area contributed by atoms with Crippen LogP contribution in [0.1, 0.15) is 13.3 Å². The van der Waals surface area contributed by atoms with Crippen LogP contribution in [0.2, 0.25) is 0 Å². The molecule has 0 aromatic heterocycles. The lowest BCUT2D eigenvalue weighted by Crippen LogP contribution is -2.09. The Morgan fingerprint density at radius 1 is 1.09 bits per heavy atom. The summed E-state index contributed by atoms with van der Waals surface area (Å²) in [5, 5.41) is 0. The van der Waals surface area contributed by atoms with Gasteiger partial charge in [0.2, 0.25) is 0 Å². The Morgan fingerprint density at radius 2 is 1.74 bits per heavy atom. The molecule has 5 heteroatoms. The average Bonchev–Trinajstić information content (AvgIpc) is 2.57. The summed E-state index contributed by atoms with van der Waals surface area (Å²) in [7, 11) is 0. The van der Waals surface area contributed by atoms with Gasteiger partial charge in [0.05, 0.1) is 6.61 Å². The van der Waals surface area contributed by atoms with Crippen LogP contribution in [0.4, 0.5) is 0 Å². The molecular weight excluding hydrogens is 296 g/mol. The Hall–Kier alpha value is -2.56. The zero-order valence-electron chi connectivity index (χ0n) is 13.5. The summed E-state index contributed by atoms with van der Waals surface area (Å²) < 4.78 is 14.7. The van der Waals surface area contributed by atoms with Crippen molar-refractivity contribution in [1.29, 1.82) is 0 Å². The second-order valence-electron chi connectivity index (χ2n) is 4.30. The summed E-state index contributed by atoms with van der Waals surface area (Å²) in [5.41, 5.74) is 0.434. The van der Waals surface area contributed by atoms with E-state index in [1.165, 1.54) is 0 Å². The zero-order valence-corrected chi connectivity index (χ0v) is 13.5. The van der Waals surface area contributed by atoms with Crippen molar-refractivity contribution in [3.05, 3.63) is 62.1 Å². The van der Waals surface area contributed by atoms with Gasteiger partial charge in [-0.3, -0.25) is 0 Å². The average molecular weight is 319 g/mol. The van der Waals surface area contributed by atoms with Gasteiger partial charge in [-0.2, -0.15) is 0 Å². The van der Waals surface area contributed by atoms with Crippen molar-refractivity contribution < 1.29 is 23.8 Å². The van der Waals surface area contributed by atoms with Crippen molar-refractivity contribution in [3.8, 4) is 5.75 Å². The van der Waals surface area contributed by atoms with Gasteiger partial charge in [-0.1, -0.05) is 31.4 Å². The Morgan fingerprint density at radius 3 is 2.26 bits per heavy atom. The maximum Gasteiger partial charge on any atom is 0.333 e. The lowest BCUT2D eigenvalue weighted by Gasteiger charge is -2.05. The van der Waals surface area contributed by atoms with E-state index >= 15 is 0 Å². The lowest BCUT2D eigenvalue weighted by molar-refractivity contribution is -0.139. The summed E-state index contributed by atoms with van der Waals surface area (Å²) in [6.45, 7) is 12.8. The third-order valence-electron chi connectivity index (χ3n) is 2.23. The molecule has 0 unspecified atom stereocenters. The molecule has 125 valence electrons. The number of hydrogen-bond acceptors (Lipinski definition) is 5. The highest BCUT2D eigenvalue weighted by atomic mass is 16.6. The number of para-hydroxylation sites is 1. The van der Waals surface area contributed by atoms with Gasteiger partial charge < -0.3 is 14.2 Å². The first-order valence-corrected chi connectivity index (χ1v) is 7.10. The molecule has 0 atom stereocenters. The molecule has 0 fully saturated rings. The smallest absolute Gasteiger partial charge is 0.333 e. The number of carbonyl (C=O) groups is 2. The highest BCUT2D eigenvalue weighted by Crippen LogP contribution is 2.07. The van der Waals surface area contributed by atoms with Gasteiger partial charge in [0.25, 0.3) is 0 Å². The maximum atomic E-state index is 10.6.